The maximum absolute atomic E-state index is 13.1. The Morgan fingerprint density at radius 1 is 1.17 bits per heavy atom. The molecule has 0 aliphatic carbocycles. The molecule has 2 N–H and O–H groups in total. The number of aliphatic hydroxyl groups excluding tert-OH is 1. The van der Waals surface area contributed by atoms with Crippen molar-refractivity contribution in [1.82, 2.24) is 5.32 Å². The van der Waals surface area contributed by atoms with Crippen molar-refractivity contribution in [2.24, 2.45) is 5.92 Å². The molecule has 7 heteroatoms. The first-order chi connectivity index (χ1) is 14.4. The second-order valence-corrected chi connectivity index (χ2v) is 7.52. The number of amides is 1. The summed E-state index contributed by atoms with van der Waals surface area (Å²) in [4.78, 5) is 24.4. The quantitative estimate of drug-likeness (QED) is 0.552. The van der Waals surface area contributed by atoms with E-state index in [0.29, 0.717) is 40.2 Å². The van der Waals surface area contributed by atoms with E-state index in [9.17, 15) is 19.1 Å². The number of carbonyl (C=O) groups is 1. The topological polar surface area (TPSA) is 88.8 Å². The lowest BCUT2D eigenvalue weighted by atomic mass is 10.0. The average Bonchev–Trinajstić information content (AvgIpc) is 2.71. The van der Waals surface area contributed by atoms with Crippen molar-refractivity contribution in [3.8, 4) is 16.9 Å². The molecule has 2 aromatic carbocycles. The molecule has 1 aromatic heterocycles. The monoisotopic (exact) mass is 413 g/mol. The fraction of sp³-hybridized carbons (Fsp3) is 0.304. The number of ether oxygens (including phenoxy) is 1. The molecular formula is C23H24FNO5. The number of nitrogens with one attached hydrogen (secondary N) is 1. The molecule has 0 fully saturated rings. The van der Waals surface area contributed by atoms with Crippen molar-refractivity contribution in [2.45, 2.75) is 26.3 Å². The van der Waals surface area contributed by atoms with Crippen LogP contribution in [-0.2, 0) is 4.79 Å². The Morgan fingerprint density at radius 2 is 1.90 bits per heavy atom. The highest BCUT2D eigenvalue weighted by Gasteiger charge is 2.14. The fourth-order valence-electron chi connectivity index (χ4n) is 3.18. The summed E-state index contributed by atoms with van der Waals surface area (Å²) < 4.78 is 24.0. The summed E-state index contributed by atoms with van der Waals surface area (Å²) in [5.41, 5.74) is 0.653. The van der Waals surface area contributed by atoms with Crippen LogP contribution >= 0.6 is 0 Å². The third-order valence-electron chi connectivity index (χ3n) is 4.57. The minimum Gasteiger partial charge on any atom is -0.484 e. The molecule has 0 saturated heterocycles. The van der Waals surface area contributed by atoms with Gasteiger partial charge >= 0.3 is 5.63 Å². The number of halogens is 1. The van der Waals surface area contributed by atoms with E-state index >= 15 is 0 Å². The Kier molecular flexibility index (Phi) is 6.84. The second kappa shape index (κ2) is 9.54. The van der Waals surface area contributed by atoms with Crippen LogP contribution in [0.4, 0.5) is 4.39 Å². The number of hydrogen-bond acceptors (Lipinski definition) is 5. The van der Waals surface area contributed by atoms with Crippen molar-refractivity contribution in [3.05, 3.63) is 64.8 Å². The van der Waals surface area contributed by atoms with E-state index in [4.69, 9.17) is 9.15 Å². The molecule has 0 bridgehead atoms. The zero-order valence-corrected chi connectivity index (χ0v) is 16.9. The summed E-state index contributed by atoms with van der Waals surface area (Å²) in [5.74, 6) is -0.0153. The van der Waals surface area contributed by atoms with Gasteiger partial charge in [-0.1, -0.05) is 26.0 Å². The number of aliphatic hydroxyl groups is 1. The summed E-state index contributed by atoms with van der Waals surface area (Å²) in [6.07, 6.45) is 0.666. The van der Waals surface area contributed by atoms with Gasteiger partial charge in [0.15, 0.2) is 6.61 Å². The van der Waals surface area contributed by atoms with Crippen LogP contribution in [0.5, 0.6) is 5.75 Å². The van der Waals surface area contributed by atoms with Gasteiger partial charge in [-0.3, -0.25) is 4.79 Å². The van der Waals surface area contributed by atoms with Gasteiger partial charge < -0.3 is 19.6 Å². The zero-order valence-electron chi connectivity index (χ0n) is 16.9. The summed E-state index contributed by atoms with van der Waals surface area (Å²) in [6, 6.07) is 11.9. The molecular weight excluding hydrogens is 389 g/mol. The molecule has 0 aliphatic rings. The lowest BCUT2D eigenvalue weighted by molar-refractivity contribution is -0.124. The molecule has 158 valence electrons. The van der Waals surface area contributed by atoms with E-state index in [1.165, 1.54) is 30.3 Å². The number of hydrogen-bond donors (Lipinski definition) is 2. The Labute approximate surface area is 173 Å². The average molecular weight is 413 g/mol. The molecule has 0 aliphatic heterocycles. The maximum atomic E-state index is 13.1. The van der Waals surface area contributed by atoms with Gasteiger partial charge in [-0.05, 0) is 48.2 Å². The van der Waals surface area contributed by atoms with E-state index in [2.05, 4.69) is 5.32 Å². The van der Waals surface area contributed by atoms with Gasteiger partial charge in [-0.15, -0.1) is 0 Å². The number of fused-ring (bicyclic) bond motifs is 1. The minimum absolute atomic E-state index is 0.137. The fourth-order valence-corrected chi connectivity index (χ4v) is 3.18. The van der Waals surface area contributed by atoms with Gasteiger partial charge in [0.25, 0.3) is 5.91 Å². The summed E-state index contributed by atoms with van der Waals surface area (Å²) in [5, 5.41) is 12.8. The van der Waals surface area contributed by atoms with Crippen LogP contribution in [0.15, 0.2) is 57.7 Å². The van der Waals surface area contributed by atoms with E-state index in [1.807, 2.05) is 13.8 Å². The van der Waals surface area contributed by atoms with Gasteiger partial charge in [0.1, 0.15) is 17.1 Å². The standard InChI is InChI=1S/C23H24FNO5/c1-14(2)9-18(12-26)25-22(27)13-29-19-8-5-16-10-20(23(28)30-21(16)11-19)15-3-6-17(24)7-4-15/h3-8,10-11,14,18,26H,9,12-13H2,1-2H3,(H,25,27)/t18-/m0/s1. The number of rotatable bonds is 8. The van der Waals surface area contributed by atoms with E-state index < -0.39 is 5.63 Å². The lowest BCUT2D eigenvalue weighted by Gasteiger charge is -2.18. The predicted octanol–water partition coefficient (Wildman–Crippen LogP) is 3.50. The third-order valence-corrected chi connectivity index (χ3v) is 4.57. The van der Waals surface area contributed by atoms with Crippen LogP contribution in [-0.4, -0.2) is 30.3 Å². The first kappa shape index (κ1) is 21.5. The molecule has 1 atom stereocenters. The Bertz CT molecular complexity index is 1080. The van der Waals surface area contributed by atoms with E-state index in [0.717, 1.165) is 0 Å². The molecule has 0 saturated carbocycles. The van der Waals surface area contributed by atoms with Crippen LogP contribution in [0.1, 0.15) is 20.3 Å². The minimum atomic E-state index is -0.552. The van der Waals surface area contributed by atoms with Gasteiger partial charge in [0.2, 0.25) is 0 Å². The Balaban J connectivity index is 1.71. The molecule has 1 amide bonds. The zero-order chi connectivity index (χ0) is 21.7. The van der Waals surface area contributed by atoms with E-state index in [1.54, 1.807) is 18.2 Å². The first-order valence-corrected chi connectivity index (χ1v) is 9.72. The summed E-state index contributed by atoms with van der Waals surface area (Å²) in [6.45, 7) is 3.66. The normalized spacial score (nSPS) is 12.2. The van der Waals surface area contributed by atoms with Gasteiger partial charge in [-0.25, -0.2) is 9.18 Å². The Hall–Kier alpha value is -3.19. The molecule has 1 heterocycles. The van der Waals surface area contributed by atoms with Crippen molar-refractivity contribution >= 4 is 16.9 Å². The van der Waals surface area contributed by atoms with Crippen LogP contribution in [0.2, 0.25) is 0 Å². The molecule has 0 radical (unpaired) electrons. The smallest absolute Gasteiger partial charge is 0.344 e. The largest absolute Gasteiger partial charge is 0.484 e. The van der Waals surface area contributed by atoms with Gasteiger partial charge in [0, 0.05) is 11.5 Å². The first-order valence-electron chi connectivity index (χ1n) is 9.72. The van der Waals surface area contributed by atoms with Crippen LogP contribution in [0, 0.1) is 11.7 Å². The molecule has 3 rings (SSSR count). The van der Waals surface area contributed by atoms with Crippen molar-refractivity contribution in [3.63, 3.8) is 0 Å². The molecule has 30 heavy (non-hydrogen) atoms. The van der Waals surface area contributed by atoms with Crippen molar-refractivity contribution < 1.29 is 23.4 Å². The van der Waals surface area contributed by atoms with Crippen LogP contribution < -0.4 is 15.7 Å². The lowest BCUT2D eigenvalue weighted by Crippen LogP contribution is -2.40. The second-order valence-electron chi connectivity index (χ2n) is 7.52. The highest BCUT2D eigenvalue weighted by Crippen LogP contribution is 2.24. The summed E-state index contributed by atoms with van der Waals surface area (Å²) >= 11 is 0. The highest BCUT2D eigenvalue weighted by molar-refractivity contribution is 5.83. The van der Waals surface area contributed by atoms with Crippen LogP contribution in [0.25, 0.3) is 22.1 Å². The van der Waals surface area contributed by atoms with Crippen LogP contribution in [0.3, 0.4) is 0 Å². The van der Waals surface area contributed by atoms with E-state index in [-0.39, 0.29) is 31.0 Å². The number of benzene rings is 2. The number of carbonyl (C=O) groups excluding carboxylic acids is 1. The Morgan fingerprint density at radius 3 is 2.57 bits per heavy atom. The SMILES string of the molecule is CC(C)C[C@@H](CO)NC(=O)COc1ccc2cc(-c3ccc(F)cc3)c(=O)oc2c1. The van der Waals surface area contributed by atoms with Crippen molar-refractivity contribution in [2.75, 3.05) is 13.2 Å². The molecule has 0 spiro atoms. The molecule has 3 aromatic rings. The molecule has 6 nitrogen and oxygen atoms in total. The third kappa shape index (κ3) is 5.45. The predicted molar refractivity (Wildman–Crippen MR) is 112 cm³/mol. The molecule has 0 unspecified atom stereocenters. The van der Waals surface area contributed by atoms with Crippen molar-refractivity contribution in [1.29, 1.82) is 0 Å². The maximum Gasteiger partial charge on any atom is 0.344 e. The van der Waals surface area contributed by atoms with Gasteiger partial charge in [0.05, 0.1) is 18.2 Å². The van der Waals surface area contributed by atoms with Gasteiger partial charge in [-0.2, -0.15) is 0 Å². The highest BCUT2D eigenvalue weighted by atomic mass is 19.1. The summed E-state index contributed by atoms with van der Waals surface area (Å²) in [7, 11) is 0.